The smallest absolute Gasteiger partial charge is 0.267 e. The fourth-order valence-electron chi connectivity index (χ4n) is 0.0598. The minimum Gasteiger partial charge on any atom is -0.396 e. The number of rotatable bonds is 3. The molecule has 0 bridgehead atoms. The Morgan fingerprint density at radius 3 is 1.64 bits per heavy atom. The minimum absolute atomic E-state index is 0.0312. The van der Waals surface area contributed by atoms with Crippen molar-refractivity contribution in [3.05, 3.63) is 0 Å². The summed E-state index contributed by atoms with van der Waals surface area (Å²) in [6, 6.07) is 0. The van der Waals surface area contributed by atoms with E-state index >= 15 is 0 Å². The van der Waals surface area contributed by atoms with Crippen LogP contribution in [0.15, 0.2) is 0 Å². The van der Waals surface area contributed by atoms with Crippen LogP contribution in [0, 0.1) is 0 Å². The highest BCUT2D eigenvalue weighted by Crippen LogP contribution is 2.07. The quantitative estimate of drug-likeness (QED) is 0.669. The summed E-state index contributed by atoms with van der Waals surface area (Å²) < 4.78 is 33.2. The van der Waals surface area contributed by atoms with Gasteiger partial charge < -0.3 is 10.2 Å². The summed E-state index contributed by atoms with van der Waals surface area (Å²) in [7, 11) is 0. The molecular formula is C6H13F3O2. The standard InChI is InChI=1S/C3H6F2O.C3H7FO/c1-3(4,5)2-6;4-2-1-3-5/h6H,2H2,1H3;5H,1-3H2. The summed E-state index contributed by atoms with van der Waals surface area (Å²) in [5.41, 5.74) is 0. The normalized spacial score (nSPS) is 10.4. The average Bonchev–Trinajstić information content (AvgIpc) is 1.90. The van der Waals surface area contributed by atoms with E-state index in [1.165, 1.54) is 0 Å². The largest absolute Gasteiger partial charge is 0.396 e. The van der Waals surface area contributed by atoms with Gasteiger partial charge in [-0.3, -0.25) is 4.39 Å². The number of aliphatic hydroxyl groups excluding tert-OH is 2. The van der Waals surface area contributed by atoms with Crippen LogP contribution in [0.25, 0.3) is 0 Å². The molecule has 0 aliphatic rings. The van der Waals surface area contributed by atoms with Crippen molar-refractivity contribution in [3.8, 4) is 0 Å². The van der Waals surface area contributed by atoms with Crippen molar-refractivity contribution in [2.75, 3.05) is 19.9 Å². The monoisotopic (exact) mass is 174 g/mol. The maximum absolute atomic E-state index is 11.2. The summed E-state index contributed by atoms with van der Waals surface area (Å²) >= 11 is 0. The maximum atomic E-state index is 11.2. The third-order valence-corrected chi connectivity index (χ3v) is 0.569. The number of aliphatic hydroxyl groups is 2. The topological polar surface area (TPSA) is 40.5 Å². The Kier molecular flexibility index (Phi) is 9.45. The van der Waals surface area contributed by atoms with Gasteiger partial charge in [-0.05, 0) is 6.42 Å². The molecule has 0 radical (unpaired) electrons. The molecule has 0 aromatic heterocycles. The molecule has 0 rings (SSSR count). The molecule has 2 N–H and O–H groups in total. The van der Waals surface area contributed by atoms with Crippen molar-refractivity contribution in [2.45, 2.75) is 19.3 Å². The summed E-state index contributed by atoms with van der Waals surface area (Å²) in [6.45, 7) is -0.840. The highest BCUT2D eigenvalue weighted by atomic mass is 19.3. The molecule has 2 nitrogen and oxygen atoms in total. The fourth-order valence-corrected chi connectivity index (χ4v) is 0.0598. The van der Waals surface area contributed by atoms with Crippen molar-refractivity contribution in [1.29, 1.82) is 0 Å². The third-order valence-electron chi connectivity index (χ3n) is 0.569. The first-order chi connectivity index (χ1) is 4.97. The molecule has 0 atom stereocenters. The fraction of sp³-hybridized carbons (Fsp3) is 1.00. The molecule has 0 aliphatic carbocycles. The van der Waals surface area contributed by atoms with Crippen LogP contribution in [-0.4, -0.2) is 36.0 Å². The highest BCUT2D eigenvalue weighted by molar-refractivity contribution is 4.50. The van der Waals surface area contributed by atoms with E-state index in [9.17, 15) is 13.2 Å². The Morgan fingerprint density at radius 1 is 1.27 bits per heavy atom. The zero-order chi connectivity index (χ0) is 9.33. The zero-order valence-electron chi connectivity index (χ0n) is 6.36. The first-order valence-electron chi connectivity index (χ1n) is 3.13. The number of hydrogen-bond acceptors (Lipinski definition) is 2. The van der Waals surface area contributed by atoms with E-state index in [4.69, 9.17) is 10.2 Å². The van der Waals surface area contributed by atoms with Crippen LogP contribution < -0.4 is 0 Å². The van der Waals surface area contributed by atoms with E-state index in [1.54, 1.807) is 0 Å². The summed E-state index contributed by atoms with van der Waals surface area (Å²) in [6.07, 6.45) is 0.278. The molecule has 0 spiro atoms. The predicted molar refractivity (Wildman–Crippen MR) is 35.4 cm³/mol. The number of alkyl halides is 3. The van der Waals surface area contributed by atoms with Crippen LogP contribution >= 0.6 is 0 Å². The molecule has 70 valence electrons. The Morgan fingerprint density at radius 2 is 1.64 bits per heavy atom. The first-order valence-corrected chi connectivity index (χ1v) is 3.13. The molecule has 0 aromatic rings. The van der Waals surface area contributed by atoms with Crippen molar-refractivity contribution in [2.24, 2.45) is 0 Å². The second-order valence-corrected chi connectivity index (χ2v) is 1.99. The number of halogens is 3. The lowest BCUT2D eigenvalue weighted by atomic mass is 10.4. The molecule has 0 amide bonds. The van der Waals surface area contributed by atoms with Gasteiger partial charge in [0.15, 0.2) is 0 Å². The van der Waals surface area contributed by atoms with Crippen LogP contribution in [0.3, 0.4) is 0 Å². The van der Waals surface area contributed by atoms with Crippen LogP contribution in [0.1, 0.15) is 13.3 Å². The van der Waals surface area contributed by atoms with Gasteiger partial charge in [0.1, 0.15) is 6.61 Å². The van der Waals surface area contributed by atoms with Gasteiger partial charge >= 0.3 is 0 Å². The van der Waals surface area contributed by atoms with E-state index in [2.05, 4.69) is 0 Å². The summed E-state index contributed by atoms with van der Waals surface area (Å²) in [5, 5.41) is 15.5. The molecule has 5 heteroatoms. The lowest BCUT2D eigenvalue weighted by Crippen LogP contribution is -2.14. The maximum Gasteiger partial charge on any atom is 0.267 e. The second-order valence-electron chi connectivity index (χ2n) is 1.99. The Bertz CT molecular complexity index is 70.7. The van der Waals surface area contributed by atoms with Crippen LogP contribution in [0.2, 0.25) is 0 Å². The Hall–Kier alpha value is -0.290. The van der Waals surface area contributed by atoms with Gasteiger partial charge in [-0.25, -0.2) is 8.78 Å². The van der Waals surface area contributed by atoms with Gasteiger partial charge in [-0.1, -0.05) is 0 Å². The van der Waals surface area contributed by atoms with Gasteiger partial charge in [0.05, 0.1) is 6.67 Å². The molecule has 0 saturated carbocycles. The van der Waals surface area contributed by atoms with Crippen LogP contribution in [0.5, 0.6) is 0 Å². The summed E-state index contributed by atoms with van der Waals surface area (Å²) in [4.78, 5) is 0. The Labute approximate surface area is 63.7 Å². The van der Waals surface area contributed by atoms with Crippen LogP contribution in [-0.2, 0) is 0 Å². The molecule has 11 heavy (non-hydrogen) atoms. The van der Waals surface area contributed by atoms with Crippen LogP contribution in [0.4, 0.5) is 13.2 Å². The molecule has 0 heterocycles. The molecule has 0 unspecified atom stereocenters. The van der Waals surface area contributed by atoms with Gasteiger partial charge in [0.2, 0.25) is 0 Å². The van der Waals surface area contributed by atoms with E-state index in [0.29, 0.717) is 6.92 Å². The van der Waals surface area contributed by atoms with Crippen molar-refractivity contribution >= 4 is 0 Å². The average molecular weight is 174 g/mol. The van der Waals surface area contributed by atoms with Crippen molar-refractivity contribution < 1.29 is 23.4 Å². The third kappa shape index (κ3) is 26.0. The molecular weight excluding hydrogens is 161 g/mol. The van der Waals surface area contributed by atoms with Gasteiger partial charge in [0, 0.05) is 13.5 Å². The number of hydrogen-bond donors (Lipinski definition) is 2. The van der Waals surface area contributed by atoms with Crippen molar-refractivity contribution in [3.63, 3.8) is 0 Å². The molecule has 0 saturated heterocycles. The van der Waals surface area contributed by atoms with E-state index in [1.807, 2.05) is 0 Å². The van der Waals surface area contributed by atoms with Gasteiger partial charge in [-0.2, -0.15) is 0 Å². The van der Waals surface area contributed by atoms with Gasteiger partial charge in [0.25, 0.3) is 5.92 Å². The summed E-state index contributed by atoms with van der Waals surface area (Å²) in [5.74, 6) is -2.90. The lowest BCUT2D eigenvalue weighted by Gasteiger charge is -2.01. The van der Waals surface area contributed by atoms with E-state index < -0.39 is 19.2 Å². The highest BCUT2D eigenvalue weighted by Gasteiger charge is 2.17. The van der Waals surface area contributed by atoms with E-state index in [-0.39, 0.29) is 13.0 Å². The predicted octanol–water partition coefficient (Wildman–Crippen LogP) is 0.972. The minimum atomic E-state index is -2.90. The molecule has 0 aliphatic heterocycles. The SMILES string of the molecule is CC(F)(F)CO.OCCCF. The Balaban J connectivity index is 0. The lowest BCUT2D eigenvalue weighted by molar-refractivity contribution is -0.0322. The second kappa shape index (κ2) is 7.81. The van der Waals surface area contributed by atoms with Crippen molar-refractivity contribution in [1.82, 2.24) is 0 Å². The zero-order valence-corrected chi connectivity index (χ0v) is 6.36. The first kappa shape index (κ1) is 13.3. The van der Waals surface area contributed by atoms with E-state index in [0.717, 1.165) is 0 Å². The molecule has 0 fully saturated rings. The van der Waals surface area contributed by atoms with Gasteiger partial charge in [-0.15, -0.1) is 0 Å². The molecule has 0 aromatic carbocycles.